The third kappa shape index (κ3) is 5.75. The molecule has 1 heterocycles. The Kier molecular flexibility index (Phi) is 6.87. The predicted molar refractivity (Wildman–Crippen MR) is 70.6 cm³/mol. The summed E-state index contributed by atoms with van der Waals surface area (Å²) < 4.78 is 0. The second kappa shape index (κ2) is 7.95. The van der Waals surface area contributed by atoms with Crippen LogP contribution in [0.25, 0.3) is 0 Å². The van der Waals surface area contributed by atoms with Crippen LogP contribution in [-0.4, -0.2) is 65.8 Å². The van der Waals surface area contributed by atoms with E-state index in [9.17, 15) is 0 Å². The van der Waals surface area contributed by atoms with E-state index in [2.05, 4.69) is 9.80 Å². The molecule has 16 heavy (non-hydrogen) atoms. The first kappa shape index (κ1) is 13.8. The number of β-amino-alcohol motifs (C(OH)–C–C–N with tert-alkyl or cyclic N) is 1. The Morgan fingerprint density at radius 3 is 2.31 bits per heavy atom. The van der Waals surface area contributed by atoms with Crippen molar-refractivity contribution in [1.29, 1.82) is 0 Å². The molecule has 0 radical (unpaired) electrons. The van der Waals surface area contributed by atoms with Crippen LogP contribution in [0, 0.1) is 0 Å². The van der Waals surface area contributed by atoms with Gasteiger partial charge in [-0.25, -0.2) is 0 Å². The SMILES string of the molecule is NC(=S)CCCN1CCCN(CCO)CC1. The van der Waals surface area contributed by atoms with Crippen molar-refractivity contribution in [3.8, 4) is 0 Å². The molecular formula is C11H23N3OS. The van der Waals surface area contributed by atoms with Crippen LogP contribution in [0.2, 0.25) is 0 Å². The van der Waals surface area contributed by atoms with Crippen LogP contribution in [0.5, 0.6) is 0 Å². The fraction of sp³-hybridized carbons (Fsp3) is 0.909. The summed E-state index contributed by atoms with van der Waals surface area (Å²) in [6.45, 7) is 6.57. The standard InChI is InChI=1S/C11H23N3OS/c12-11(16)3-1-4-13-5-2-6-14(8-7-13)9-10-15/h15H,1-10H2,(H2,12,16). The summed E-state index contributed by atoms with van der Waals surface area (Å²) in [6, 6.07) is 0. The molecule has 0 aromatic rings. The number of nitrogens with two attached hydrogens (primary N) is 1. The van der Waals surface area contributed by atoms with Crippen molar-refractivity contribution in [1.82, 2.24) is 9.80 Å². The molecule has 1 aliphatic heterocycles. The molecule has 0 aromatic heterocycles. The van der Waals surface area contributed by atoms with Gasteiger partial charge in [-0.3, -0.25) is 4.90 Å². The molecule has 1 saturated heterocycles. The lowest BCUT2D eigenvalue weighted by atomic mass is 10.3. The van der Waals surface area contributed by atoms with Gasteiger partial charge in [-0.2, -0.15) is 0 Å². The maximum Gasteiger partial charge on any atom is 0.0727 e. The number of thiocarbonyl (C=S) groups is 1. The van der Waals surface area contributed by atoms with Crippen LogP contribution in [0.4, 0.5) is 0 Å². The highest BCUT2D eigenvalue weighted by Crippen LogP contribution is 2.04. The molecule has 0 aromatic carbocycles. The first-order valence-electron chi connectivity index (χ1n) is 6.06. The summed E-state index contributed by atoms with van der Waals surface area (Å²) in [6.07, 6.45) is 3.11. The van der Waals surface area contributed by atoms with Gasteiger partial charge in [0, 0.05) is 19.6 Å². The van der Waals surface area contributed by atoms with Gasteiger partial charge in [-0.15, -0.1) is 0 Å². The van der Waals surface area contributed by atoms with E-state index in [1.807, 2.05) is 0 Å². The van der Waals surface area contributed by atoms with E-state index >= 15 is 0 Å². The van der Waals surface area contributed by atoms with Crippen molar-refractivity contribution in [2.75, 3.05) is 45.9 Å². The molecule has 0 atom stereocenters. The molecule has 0 bridgehead atoms. The van der Waals surface area contributed by atoms with E-state index < -0.39 is 0 Å². The Hall–Kier alpha value is -0.230. The normalized spacial score (nSPS) is 19.6. The Bertz CT molecular complexity index is 213. The molecule has 0 amide bonds. The van der Waals surface area contributed by atoms with Crippen molar-refractivity contribution in [3.05, 3.63) is 0 Å². The predicted octanol–water partition coefficient (Wildman–Crippen LogP) is 0.0527. The maximum absolute atomic E-state index is 8.90. The molecule has 0 spiro atoms. The Morgan fingerprint density at radius 1 is 1.12 bits per heavy atom. The number of hydrogen-bond acceptors (Lipinski definition) is 4. The first-order valence-corrected chi connectivity index (χ1v) is 6.47. The Labute approximate surface area is 103 Å². The first-order chi connectivity index (χ1) is 7.72. The largest absolute Gasteiger partial charge is 0.395 e. The molecule has 0 aliphatic carbocycles. The highest BCUT2D eigenvalue weighted by molar-refractivity contribution is 7.80. The number of rotatable bonds is 6. The quantitative estimate of drug-likeness (QED) is 0.648. The monoisotopic (exact) mass is 245 g/mol. The topological polar surface area (TPSA) is 52.7 Å². The van der Waals surface area contributed by atoms with Crippen molar-refractivity contribution in [2.45, 2.75) is 19.3 Å². The van der Waals surface area contributed by atoms with Gasteiger partial charge in [0.15, 0.2) is 0 Å². The summed E-state index contributed by atoms with van der Waals surface area (Å²) in [7, 11) is 0. The zero-order valence-electron chi connectivity index (χ0n) is 9.90. The fourth-order valence-corrected chi connectivity index (χ4v) is 2.23. The number of aliphatic hydroxyl groups excluding tert-OH is 1. The molecular weight excluding hydrogens is 222 g/mol. The highest BCUT2D eigenvalue weighted by atomic mass is 32.1. The molecule has 5 heteroatoms. The third-order valence-electron chi connectivity index (χ3n) is 2.99. The minimum atomic E-state index is 0.265. The number of hydrogen-bond donors (Lipinski definition) is 2. The van der Waals surface area contributed by atoms with Crippen molar-refractivity contribution in [3.63, 3.8) is 0 Å². The lowest BCUT2D eigenvalue weighted by Crippen LogP contribution is -2.33. The van der Waals surface area contributed by atoms with Gasteiger partial charge in [-0.1, -0.05) is 12.2 Å². The molecule has 1 aliphatic rings. The van der Waals surface area contributed by atoms with Gasteiger partial charge >= 0.3 is 0 Å². The van der Waals surface area contributed by atoms with Gasteiger partial charge in [0.05, 0.1) is 11.6 Å². The van der Waals surface area contributed by atoms with Gasteiger partial charge in [0.2, 0.25) is 0 Å². The molecule has 94 valence electrons. The summed E-state index contributed by atoms with van der Waals surface area (Å²) in [4.78, 5) is 5.42. The van der Waals surface area contributed by atoms with E-state index in [1.165, 1.54) is 6.42 Å². The zero-order chi connectivity index (χ0) is 11.8. The van der Waals surface area contributed by atoms with Gasteiger partial charge in [0.1, 0.15) is 0 Å². The van der Waals surface area contributed by atoms with Crippen molar-refractivity contribution < 1.29 is 5.11 Å². The van der Waals surface area contributed by atoms with Crippen molar-refractivity contribution >= 4 is 17.2 Å². The molecule has 3 N–H and O–H groups in total. The fourth-order valence-electron chi connectivity index (χ4n) is 2.09. The van der Waals surface area contributed by atoms with Crippen LogP contribution < -0.4 is 5.73 Å². The molecule has 4 nitrogen and oxygen atoms in total. The summed E-state index contributed by atoms with van der Waals surface area (Å²) in [5.41, 5.74) is 5.48. The van der Waals surface area contributed by atoms with Gasteiger partial charge in [-0.05, 0) is 38.9 Å². The zero-order valence-corrected chi connectivity index (χ0v) is 10.7. The van der Waals surface area contributed by atoms with E-state index in [-0.39, 0.29) is 6.61 Å². The number of aliphatic hydroxyl groups is 1. The van der Waals surface area contributed by atoms with Crippen LogP contribution in [0.1, 0.15) is 19.3 Å². The molecule has 0 unspecified atom stereocenters. The summed E-state index contributed by atoms with van der Waals surface area (Å²) in [5, 5.41) is 8.90. The van der Waals surface area contributed by atoms with Gasteiger partial charge < -0.3 is 15.7 Å². The van der Waals surface area contributed by atoms with E-state index in [1.54, 1.807) is 0 Å². The lowest BCUT2D eigenvalue weighted by Gasteiger charge is -2.20. The van der Waals surface area contributed by atoms with E-state index in [0.717, 1.165) is 52.1 Å². The molecule has 1 rings (SSSR count). The second-order valence-corrected chi connectivity index (χ2v) is 4.85. The lowest BCUT2D eigenvalue weighted by molar-refractivity contribution is 0.196. The van der Waals surface area contributed by atoms with Crippen LogP contribution in [-0.2, 0) is 0 Å². The summed E-state index contributed by atoms with van der Waals surface area (Å²) >= 11 is 4.87. The summed E-state index contributed by atoms with van der Waals surface area (Å²) in [5.74, 6) is 0. The maximum atomic E-state index is 8.90. The molecule has 1 fully saturated rings. The highest BCUT2D eigenvalue weighted by Gasteiger charge is 2.13. The van der Waals surface area contributed by atoms with Crippen LogP contribution in [0.3, 0.4) is 0 Å². The number of nitrogens with zero attached hydrogens (tertiary/aromatic N) is 2. The van der Waals surface area contributed by atoms with E-state index in [0.29, 0.717) is 4.99 Å². The minimum Gasteiger partial charge on any atom is -0.395 e. The Balaban J connectivity index is 2.17. The average Bonchev–Trinajstić information content (AvgIpc) is 2.44. The van der Waals surface area contributed by atoms with E-state index in [4.69, 9.17) is 23.1 Å². The Morgan fingerprint density at radius 2 is 1.75 bits per heavy atom. The van der Waals surface area contributed by atoms with Crippen LogP contribution >= 0.6 is 12.2 Å². The van der Waals surface area contributed by atoms with Crippen LogP contribution in [0.15, 0.2) is 0 Å². The second-order valence-electron chi connectivity index (χ2n) is 4.33. The van der Waals surface area contributed by atoms with Crippen molar-refractivity contribution in [2.24, 2.45) is 5.73 Å². The van der Waals surface area contributed by atoms with Gasteiger partial charge in [0.25, 0.3) is 0 Å². The smallest absolute Gasteiger partial charge is 0.0727 e. The minimum absolute atomic E-state index is 0.265. The third-order valence-corrected chi connectivity index (χ3v) is 3.20. The molecule has 0 saturated carbocycles. The average molecular weight is 245 g/mol.